The molecule has 92 valence electrons. The molecule has 0 radical (unpaired) electrons. The van der Waals surface area contributed by atoms with Gasteiger partial charge in [0.25, 0.3) is 0 Å². The number of likely N-dealkylation sites (tertiary alicyclic amines) is 2. The molecule has 4 nitrogen and oxygen atoms in total. The minimum atomic E-state index is 0.200. The summed E-state index contributed by atoms with van der Waals surface area (Å²) in [5.41, 5.74) is 0.335. The number of nitrogens with zero attached hydrogens (tertiary/aromatic N) is 2. The lowest BCUT2D eigenvalue weighted by Gasteiger charge is -2.40. The molecule has 2 aliphatic rings. The summed E-state index contributed by atoms with van der Waals surface area (Å²) in [6.45, 7) is 7.82. The standard InChI is InChI=1S/C12H22N2O2/c1-4-12(2)5-6-13(9-12)11(15)14-7-10(8-14)16-3/h10H,4-9H2,1-3H3/t12-/m1/s1. The van der Waals surface area contributed by atoms with Crippen molar-refractivity contribution < 1.29 is 9.53 Å². The number of amides is 2. The SMILES string of the molecule is CC[C@]1(C)CCN(C(=O)N2CC(OC)C2)C1. The lowest BCUT2D eigenvalue weighted by Crippen LogP contribution is -2.58. The van der Waals surface area contributed by atoms with Crippen LogP contribution in [0.3, 0.4) is 0 Å². The van der Waals surface area contributed by atoms with Crippen LogP contribution in [0.15, 0.2) is 0 Å². The topological polar surface area (TPSA) is 32.8 Å². The van der Waals surface area contributed by atoms with Crippen molar-refractivity contribution in [1.29, 1.82) is 0 Å². The molecular weight excluding hydrogens is 204 g/mol. The summed E-state index contributed by atoms with van der Waals surface area (Å²) in [6, 6.07) is 0.200. The average molecular weight is 226 g/mol. The first-order valence-electron chi connectivity index (χ1n) is 6.14. The number of carbonyl (C=O) groups excluding carboxylic acids is 1. The Balaban J connectivity index is 1.84. The van der Waals surface area contributed by atoms with E-state index in [2.05, 4.69) is 13.8 Å². The summed E-state index contributed by atoms with van der Waals surface area (Å²) >= 11 is 0. The van der Waals surface area contributed by atoms with Gasteiger partial charge in [0.1, 0.15) is 0 Å². The fraction of sp³-hybridized carbons (Fsp3) is 0.917. The zero-order valence-corrected chi connectivity index (χ0v) is 10.5. The van der Waals surface area contributed by atoms with Gasteiger partial charge in [-0.15, -0.1) is 0 Å². The largest absolute Gasteiger partial charge is 0.378 e. The number of methoxy groups -OCH3 is 1. The minimum absolute atomic E-state index is 0.200. The van der Waals surface area contributed by atoms with E-state index in [0.717, 1.165) is 39.0 Å². The Morgan fingerprint density at radius 2 is 2.12 bits per heavy atom. The van der Waals surface area contributed by atoms with Gasteiger partial charge in [-0.2, -0.15) is 0 Å². The van der Waals surface area contributed by atoms with Crippen molar-refractivity contribution in [2.24, 2.45) is 5.41 Å². The van der Waals surface area contributed by atoms with E-state index in [-0.39, 0.29) is 12.1 Å². The Hall–Kier alpha value is -0.770. The predicted molar refractivity (Wildman–Crippen MR) is 62.4 cm³/mol. The van der Waals surface area contributed by atoms with Crippen molar-refractivity contribution >= 4 is 6.03 Å². The molecule has 4 heteroatoms. The van der Waals surface area contributed by atoms with E-state index in [9.17, 15) is 4.79 Å². The van der Waals surface area contributed by atoms with Gasteiger partial charge in [0.15, 0.2) is 0 Å². The Kier molecular flexibility index (Phi) is 3.10. The third-order valence-corrected chi connectivity index (χ3v) is 4.13. The molecule has 0 aliphatic carbocycles. The van der Waals surface area contributed by atoms with Crippen molar-refractivity contribution in [3.63, 3.8) is 0 Å². The van der Waals surface area contributed by atoms with Crippen LogP contribution >= 0.6 is 0 Å². The number of hydrogen-bond acceptors (Lipinski definition) is 2. The first kappa shape index (κ1) is 11.7. The maximum absolute atomic E-state index is 12.1. The van der Waals surface area contributed by atoms with Gasteiger partial charge in [-0.25, -0.2) is 4.79 Å². The number of rotatable bonds is 2. The van der Waals surface area contributed by atoms with Crippen LogP contribution in [0.25, 0.3) is 0 Å². The van der Waals surface area contributed by atoms with Crippen LogP contribution in [0, 0.1) is 5.41 Å². The molecule has 0 aromatic heterocycles. The van der Waals surface area contributed by atoms with Gasteiger partial charge in [-0.3, -0.25) is 0 Å². The fourth-order valence-electron chi connectivity index (χ4n) is 2.42. The predicted octanol–water partition coefficient (Wildman–Crippen LogP) is 1.56. The molecule has 0 aromatic carbocycles. The maximum Gasteiger partial charge on any atom is 0.320 e. The Labute approximate surface area is 97.5 Å². The summed E-state index contributed by atoms with van der Waals surface area (Å²) in [6.07, 6.45) is 2.54. The van der Waals surface area contributed by atoms with Crippen molar-refractivity contribution in [3.8, 4) is 0 Å². The lowest BCUT2D eigenvalue weighted by atomic mass is 9.87. The lowest BCUT2D eigenvalue weighted by molar-refractivity contribution is -0.0147. The van der Waals surface area contributed by atoms with Crippen LogP contribution in [-0.2, 0) is 4.74 Å². The average Bonchev–Trinajstić information content (AvgIpc) is 2.60. The Morgan fingerprint density at radius 1 is 1.44 bits per heavy atom. The number of ether oxygens (including phenoxy) is 1. The highest BCUT2D eigenvalue weighted by atomic mass is 16.5. The first-order valence-corrected chi connectivity index (χ1v) is 6.14. The molecule has 2 amide bonds. The second kappa shape index (κ2) is 4.24. The molecule has 0 bridgehead atoms. The second-order valence-corrected chi connectivity index (χ2v) is 5.38. The van der Waals surface area contributed by atoms with Crippen LogP contribution < -0.4 is 0 Å². The van der Waals surface area contributed by atoms with Gasteiger partial charge in [0.2, 0.25) is 0 Å². The van der Waals surface area contributed by atoms with Gasteiger partial charge in [-0.1, -0.05) is 13.8 Å². The molecule has 1 atom stereocenters. The second-order valence-electron chi connectivity index (χ2n) is 5.38. The number of urea groups is 1. The quantitative estimate of drug-likeness (QED) is 0.716. The van der Waals surface area contributed by atoms with Gasteiger partial charge < -0.3 is 14.5 Å². The van der Waals surface area contributed by atoms with Crippen molar-refractivity contribution in [2.75, 3.05) is 33.3 Å². The molecule has 16 heavy (non-hydrogen) atoms. The molecule has 2 aliphatic heterocycles. The first-order chi connectivity index (χ1) is 7.58. The highest BCUT2D eigenvalue weighted by Gasteiger charge is 2.39. The van der Waals surface area contributed by atoms with Gasteiger partial charge in [0, 0.05) is 20.2 Å². The van der Waals surface area contributed by atoms with Gasteiger partial charge in [-0.05, 0) is 18.3 Å². The fourth-order valence-corrected chi connectivity index (χ4v) is 2.42. The molecule has 2 rings (SSSR count). The summed E-state index contributed by atoms with van der Waals surface area (Å²) in [5.74, 6) is 0. The summed E-state index contributed by atoms with van der Waals surface area (Å²) in [7, 11) is 1.70. The third-order valence-electron chi connectivity index (χ3n) is 4.13. The molecule has 0 saturated carbocycles. The van der Waals surface area contributed by atoms with Crippen LogP contribution in [0.1, 0.15) is 26.7 Å². The van der Waals surface area contributed by atoms with E-state index in [1.54, 1.807) is 7.11 Å². The minimum Gasteiger partial charge on any atom is -0.378 e. The van der Waals surface area contributed by atoms with Crippen molar-refractivity contribution in [3.05, 3.63) is 0 Å². The van der Waals surface area contributed by atoms with E-state index in [0.29, 0.717) is 5.41 Å². The zero-order valence-electron chi connectivity index (χ0n) is 10.5. The monoisotopic (exact) mass is 226 g/mol. The van der Waals surface area contributed by atoms with Crippen LogP contribution in [0.2, 0.25) is 0 Å². The van der Waals surface area contributed by atoms with Crippen LogP contribution in [0.5, 0.6) is 0 Å². The molecule has 2 heterocycles. The maximum atomic E-state index is 12.1. The van der Waals surface area contributed by atoms with E-state index >= 15 is 0 Å². The zero-order chi connectivity index (χ0) is 11.8. The van der Waals surface area contributed by atoms with Crippen molar-refractivity contribution in [1.82, 2.24) is 9.80 Å². The van der Waals surface area contributed by atoms with E-state index in [1.165, 1.54) is 0 Å². The van der Waals surface area contributed by atoms with E-state index < -0.39 is 0 Å². The Morgan fingerprint density at radius 3 is 2.62 bits per heavy atom. The van der Waals surface area contributed by atoms with Crippen LogP contribution in [0.4, 0.5) is 4.79 Å². The molecule has 2 fully saturated rings. The molecule has 0 aromatic rings. The molecule has 0 N–H and O–H groups in total. The summed E-state index contributed by atoms with van der Waals surface area (Å²) in [5, 5.41) is 0. The van der Waals surface area contributed by atoms with E-state index in [1.807, 2.05) is 9.80 Å². The molecular formula is C12H22N2O2. The Bertz CT molecular complexity index is 276. The summed E-state index contributed by atoms with van der Waals surface area (Å²) < 4.78 is 5.18. The van der Waals surface area contributed by atoms with Crippen molar-refractivity contribution in [2.45, 2.75) is 32.8 Å². The van der Waals surface area contributed by atoms with Gasteiger partial charge >= 0.3 is 6.03 Å². The van der Waals surface area contributed by atoms with E-state index in [4.69, 9.17) is 4.74 Å². The highest BCUT2D eigenvalue weighted by Crippen LogP contribution is 2.33. The van der Waals surface area contributed by atoms with Gasteiger partial charge in [0.05, 0.1) is 19.2 Å². The third kappa shape index (κ3) is 2.03. The van der Waals surface area contributed by atoms with Crippen LogP contribution in [-0.4, -0.2) is 55.2 Å². The molecule has 0 spiro atoms. The molecule has 2 saturated heterocycles. The molecule has 0 unspecified atom stereocenters. The number of carbonyl (C=O) groups is 1. The smallest absolute Gasteiger partial charge is 0.320 e. The summed E-state index contributed by atoms with van der Waals surface area (Å²) in [4.78, 5) is 16.0. The highest BCUT2D eigenvalue weighted by molar-refractivity contribution is 5.75. The number of hydrogen-bond donors (Lipinski definition) is 0. The normalized spacial score (nSPS) is 30.7.